The van der Waals surface area contributed by atoms with Crippen LogP contribution in [0.5, 0.6) is 0 Å². The van der Waals surface area contributed by atoms with Crippen molar-refractivity contribution in [3.05, 3.63) is 35.9 Å². The molecule has 1 aliphatic rings. The average Bonchev–Trinajstić information content (AvgIpc) is 2.32. The zero-order valence-corrected chi connectivity index (χ0v) is 9.21. The minimum absolute atomic E-state index is 0.683. The van der Waals surface area contributed by atoms with Crippen LogP contribution >= 0.6 is 0 Å². The molecule has 1 aromatic carbocycles. The molecule has 82 valence electrons. The van der Waals surface area contributed by atoms with Gasteiger partial charge in [-0.3, -0.25) is 0 Å². The van der Waals surface area contributed by atoms with E-state index in [4.69, 9.17) is 0 Å². The van der Waals surface area contributed by atoms with Gasteiger partial charge in [-0.2, -0.15) is 0 Å². The molecule has 1 fully saturated rings. The van der Waals surface area contributed by atoms with Gasteiger partial charge in [-0.15, -0.1) is 0 Å². The van der Waals surface area contributed by atoms with Crippen molar-refractivity contribution < 1.29 is 0 Å². The first-order chi connectivity index (χ1) is 7.45. The number of hydrogen-bond donors (Lipinski definition) is 2. The molecule has 0 spiro atoms. The Morgan fingerprint density at radius 3 is 2.73 bits per heavy atom. The monoisotopic (exact) mass is 204 g/mol. The molecule has 0 saturated carbocycles. The van der Waals surface area contributed by atoms with E-state index in [2.05, 4.69) is 41.0 Å². The molecular weight excluding hydrogens is 184 g/mol. The third kappa shape index (κ3) is 3.65. The fraction of sp³-hybridized carbons (Fsp3) is 0.538. The van der Waals surface area contributed by atoms with E-state index in [9.17, 15) is 0 Å². The highest BCUT2D eigenvalue weighted by atomic mass is 15.0. The molecular formula is C13H20N2. The van der Waals surface area contributed by atoms with Gasteiger partial charge in [-0.25, -0.2) is 0 Å². The molecule has 15 heavy (non-hydrogen) atoms. The van der Waals surface area contributed by atoms with E-state index in [1.165, 1.54) is 24.8 Å². The van der Waals surface area contributed by atoms with E-state index in [1.54, 1.807) is 0 Å². The number of nitrogens with one attached hydrogen (secondary N) is 2. The van der Waals surface area contributed by atoms with Gasteiger partial charge in [0, 0.05) is 25.7 Å². The predicted octanol–water partition coefficient (Wildman–Crippen LogP) is 1.57. The van der Waals surface area contributed by atoms with Crippen LogP contribution in [0.15, 0.2) is 30.3 Å². The fourth-order valence-corrected chi connectivity index (χ4v) is 2.11. The highest BCUT2D eigenvalue weighted by molar-refractivity contribution is 5.14. The van der Waals surface area contributed by atoms with Crippen LogP contribution in [0.4, 0.5) is 0 Å². The lowest BCUT2D eigenvalue weighted by Crippen LogP contribution is -2.48. The number of rotatable bonds is 4. The summed E-state index contributed by atoms with van der Waals surface area (Å²) >= 11 is 0. The van der Waals surface area contributed by atoms with E-state index < -0.39 is 0 Å². The maximum absolute atomic E-state index is 3.54. The number of piperazine rings is 1. The van der Waals surface area contributed by atoms with Crippen molar-refractivity contribution in [1.82, 2.24) is 10.6 Å². The van der Waals surface area contributed by atoms with Crippen LogP contribution in [0.1, 0.15) is 18.4 Å². The molecule has 0 unspecified atom stereocenters. The maximum atomic E-state index is 3.54. The topological polar surface area (TPSA) is 24.1 Å². The van der Waals surface area contributed by atoms with Crippen LogP contribution in [-0.4, -0.2) is 25.7 Å². The summed E-state index contributed by atoms with van der Waals surface area (Å²) in [5.74, 6) is 0. The summed E-state index contributed by atoms with van der Waals surface area (Å²) in [7, 11) is 0. The minimum atomic E-state index is 0.683. The Morgan fingerprint density at radius 2 is 2.00 bits per heavy atom. The number of hydrogen-bond acceptors (Lipinski definition) is 2. The van der Waals surface area contributed by atoms with Gasteiger partial charge in [0.2, 0.25) is 0 Å². The van der Waals surface area contributed by atoms with Gasteiger partial charge in [0.05, 0.1) is 0 Å². The Morgan fingerprint density at radius 1 is 1.13 bits per heavy atom. The summed E-state index contributed by atoms with van der Waals surface area (Å²) in [5.41, 5.74) is 1.46. The van der Waals surface area contributed by atoms with Gasteiger partial charge in [0.25, 0.3) is 0 Å². The smallest absolute Gasteiger partial charge is 0.0193 e. The largest absolute Gasteiger partial charge is 0.314 e. The Labute approximate surface area is 92.1 Å². The Hall–Kier alpha value is -0.860. The maximum Gasteiger partial charge on any atom is 0.0193 e. The zero-order chi connectivity index (χ0) is 10.3. The van der Waals surface area contributed by atoms with Crippen LogP contribution in [0.25, 0.3) is 0 Å². The van der Waals surface area contributed by atoms with Crippen molar-refractivity contribution in [2.45, 2.75) is 25.3 Å². The summed E-state index contributed by atoms with van der Waals surface area (Å²) in [5, 5.41) is 6.96. The summed E-state index contributed by atoms with van der Waals surface area (Å²) in [6.45, 7) is 3.37. The summed E-state index contributed by atoms with van der Waals surface area (Å²) in [6.07, 6.45) is 3.77. The van der Waals surface area contributed by atoms with Gasteiger partial charge < -0.3 is 10.6 Å². The molecule has 1 saturated heterocycles. The van der Waals surface area contributed by atoms with Crippen molar-refractivity contribution in [3.63, 3.8) is 0 Å². The standard InChI is InChI=1S/C13H20N2/c1-2-5-12(6-3-1)7-4-8-13-11-14-9-10-15-13/h1-3,5-6,13-15H,4,7-11H2/t13-/m0/s1. The number of benzene rings is 1. The van der Waals surface area contributed by atoms with Crippen molar-refractivity contribution >= 4 is 0 Å². The second-order valence-corrected chi connectivity index (χ2v) is 4.23. The molecule has 2 rings (SSSR count). The number of aryl methyl sites for hydroxylation is 1. The average molecular weight is 204 g/mol. The molecule has 1 aliphatic heterocycles. The van der Waals surface area contributed by atoms with E-state index in [-0.39, 0.29) is 0 Å². The molecule has 2 nitrogen and oxygen atoms in total. The van der Waals surface area contributed by atoms with Crippen LogP contribution < -0.4 is 10.6 Å². The summed E-state index contributed by atoms with van der Waals surface area (Å²) in [6, 6.07) is 11.4. The zero-order valence-electron chi connectivity index (χ0n) is 9.21. The molecule has 0 radical (unpaired) electrons. The van der Waals surface area contributed by atoms with E-state index >= 15 is 0 Å². The molecule has 1 atom stereocenters. The van der Waals surface area contributed by atoms with Gasteiger partial charge in [-0.1, -0.05) is 30.3 Å². The molecule has 0 bridgehead atoms. The molecule has 0 amide bonds. The molecule has 0 aromatic heterocycles. The van der Waals surface area contributed by atoms with Crippen molar-refractivity contribution in [2.24, 2.45) is 0 Å². The lowest BCUT2D eigenvalue weighted by Gasteiger charge is -2.24. The third-order valence-corrected chi connectivity index (χ3v) is 2.99. The van der Waals surface area contributed by atoms with Gasteiger partial charge in [0.1, 0.15) is 0 Å². The SMILES string of the molecule is c1ccc(CCC[C@H]2CNCCN2)cc1. The quantitative estimate of drug-likeness (QED) is 0.778. The molecule has 1 aromatic rings. The summed E-state index contributed by atoms with van der Waals surface area (Å²) in [4.78, 5) is 0. The minimum Gasteiger partial charge on any atom is -0.314 e. The Balaban J connectivity index is 1.66. The first-order valence-corrected chi connectivity index (χ1v) is 5.93. The van der Waals surface area contributed by atoms with Gasteiger partial charge in [-0.05, 0) is 24.8 Å². The first kappa shape index (κ1) is 10.7. The van der Waals surface area contributed by atoms with Gasteiger partial charge >= 0.3 is 0 Å². The molecule has 2 heteroatoms. The third-order valence-electron chi connectivity index (χ3n) is 2.99. The normalized spacial score (nSPS) is 21.5. The van der Waals surface area contributed by atoms with E-state index in [1.807, 2.05) is 0 Å². The predicted molar refractivity (Wildman–Crippen MR) is 64.0 cm³/mol. The second kappa shape index (κ2) is 5.89. The van der Waals surface area contributed by atoms with Crippen molar-refractivity contribution in [3.8, 4) is 0 Å². The Kier molecular flexibility index (Phi) is 4.18. The lowest BCUT2D eigenvalue weighted by molar-refractivity contribution is 0.392. The van der Waals surface area contributed by atoms with E-state index in [0.717, 1.165) is 19.6 Å². The second-order valence-electron chi connectivity index (χ2n) is 4.23. The first-order valence-electron chi connectivity index (χ1n) is 5.93. The molecule has 2 N–H and O–H groups in total. The highest BCUT2D eigenvalue weighted by Gasteiger charge is 2.10. The van der Waals surface area contributed by atoms with E-state index in [0.29, 0.717) is 6.04 Å². The van der Waals surface area contributed by atoms with Crippen LogP contribution in [0.2, 0.25) is 0 Å². The van der Waals surface area contributed by atoms with Crippen molar-refractivity contribution in [1.29, 1.82) is 0 Å². The van der Waals surface area contributed by atoms with Crippen LogP contribution in [0, 0.1) is 0 Å². The van der Waals surface area contributed by atoms with Crippen molar-refractivity contribution in [2.75, 3.05) is 19.6 Å². The Bertz CT molecular complexity index is 265. The fourth-order valence-electron chi connectivity index (χ4n) is 2.11. The molecule has 0 aliphatic carbocycles. The highest BCUT2D eigenvalue weighted by Crippen LogP contribution is 2.06. The molecule has 1 heterocycles. The lowest BCUT2D eigenvalue weighted by atomic mass is 10.0. The van der Waals surface area contributed by atoms with Crippen LogP contribution in [-0.2, 0) is 6.42 Å². The summed E-state index contributed by atoms with van der Waals surface area (Å²) < 4.78 is 0. The van der Waals surface area contributed by atoms with Crippen LogP contribution in [0.3, 0.4) is 0 Å². The van der Waals surface area contributed by atoms with Gasteiger partial charge in [0.15, 0.2) is 0 Å².